The van der Waals surface area contributed by atoms with E-state index in [-0.39, 0.29) is 0 Å². The zero-order valence-electron chi connectivity index (χ0n) is 12.3. The first-order valence-electron chi connectivity index (χ1n) is 7.47. The van der Waals surface area contributed by atoms with Gasteiger partial charge in [0.25, 0.3) is 0 Å². The summed E-state index contributed by atoms with van der Waals surface area (Å²) in [7, 11) is 0. The molecule has 5 heteroatoms. The van der Waals surface area contributed by atoms with Gasteiger partial charge in [-0.05, 0) is 31.9 Å². The fraction of sp³-hybridized carbons (Fsp3) is 0.438. The average Bonchev–Trinajstić information content (AvgIpc) is 2.75. The predicted octanol–water partition coefficient (Wildman–Crippen LogP) is 2.83. The van der Waals surface area contributed by atoms with Crippen LogP contribution < -0.4 is 4.90 Å². The number of rotatable bonds is 2. The lowest BCUT2D eigenvalue weighted by Gasteiger charge is -2.18. The molecule has 21 heavy (non-hydrogen) atoms. The van der Waals surface area contributed by atoms with Crippen LogP contribution >= 0.6 is 0 Å². The van der Waals surface area contributed by atoms with Crippen LogP contribution in [0.3, 0.4) is 0 Å². The SMILES string of the molecule is Cc1ccc(-n2nc(C#N)c(N3CCCCCC3)n2)cc1. The minimum atomic E-state index is 0.414. The zero-order valence-corrected chi connectivity index (χ0v) is 12.3. The Morgan fingerprint density at radius 1 is 1.00 bits per heavy atom. The number of hydrogen-bond donors (Lipinski definition) is 0. The van der Waals surface area contributed by atoms with Gasteiger partial charge in [-0.1, -0.05) is 30.5 Å². The minimum Gasteiger partial charge on any atom is -0.353 e. The fourth-order valence-corrected chi connectivity index (χ4v) is 2.66. The molecule has 0 unspecified atom stereocenters. The van der Waals surface area contributed by atoms with Crippen LogP contribution in [0.1, 0.15) is 36.9 Å². The first-order valence-corrected chi connectivity index (χ1v) is 7.47. The maximum Gasteiger partial charge on any atom is 0.207 e. The summed E-state index contributed by atoms with van der Waals surface area (Å²) in [6, 6.07) is 10.2. The lowest BCUT2D eigenvalue weighted by molar-refractivity contribution is 0.726. The third-order valence-electron chi connectivity index (χ3n) is 3.87. The summed E-state index contributed by atoms with van der Waals surface area (Å²) in [5, 5.41) is 18.2. The van der Waals surface area contributed by atoms with Gasteiger partial charge in [0.05, 0.1) is 5.69 Å². The molecule has 0 bridgehead atoms. The van der Waals surface area contributed by atoms with Crippen molar-refractivity contribution in [3.8, 4) is 11.8 Å². The normalized spacial score (nSPS) is 15.5. The summed E-state index contributed by atoms with van der Waals surface area (Å²) in [5.41, 5.74) is 2.50. The summed E-state index contributed by atoms with van der Waals surface area (Å²) in [4.78, 5) is 3.77. The number of aryl methyl sites for hydroxylation is 1. The second-order valence-electron chi connectivity index (χ2n) is 5.51. The van der Waals surface area contributed by atoms with Gasteiger partial charge in [-0.15, -0.1) is 15.0 Å². The van der Waals surface area contributed by atoms with Crippen molar-refractivity contribution in [1.82, 2.24) is 15.0 Å². The van der Waals surface area contributed by atoms with Crippen molar-refractivity contribution >= 4 is 5.82 Å². The summed E-state index contributed by atoms with van der Waals surface area (Å²) in [6.07, 6.45) is 4.82. The molecule has 0 saturated carbocycles. The molecule has 1 aromatic carbocycles. The highest BCUT2D eigenvalue weighted by molar-refractivity contribution is 5.50. The minimum absolute atomic E-state index is 0.414. The molecule has 0 N–H and O–H groups in total. The number of benzene rings is 1. The number of aromatic nitrogens is 3. The Morgan fingerprint density at radius 3 is 2.29 bits per heavy atom. The summed E-state index contributed by atoms with van der Waals surface area (Å²) < 4.78 is 0. The van der Waals surface area contributed by atoms with Gasteiger partial charge in [-0.2, -0.15) is 5.26 Å². The van der Waals surface area contributed by atoms with E-state index in [1.54, 1.807) is 4.80 Å². The molecule has 1 saturated heterocycles. The number of hydrogen-bond acceptors (Lipinski definition) is 4. The average molecular weight is 281 g/mol. The third-order valence-corrected chi connectivity index (χ3v) is 3.87. The molecule has 0 radical (unpaired) electrons. The highest BCUT2D eigenvalue weighted by atomic mass is 15.5. The summed E-state index contributed by atoms with van der Waals surface area (Å²) in [5.74, 6) is 0.722. The van der Waals surface area contributed by atoms with E-state index in [0.29, 0.717) is 5.69 Å². The Hall–Kier alpha value is -2.35. The van der Waals surface area contributed by atoms with Crippen LogP contribution in [0.15, 0.2) is 24.3 Å². The summed E-state index contributed by atoms with van der Waals surface area (Å²) >= 11 is 0. The Morgan fingerprint density at radius 2 is 1.67 bits per heavy atom. The molecule has 1 aromatic heterocycles. The first kappa shape index (κ1) is 13.6. The van der Waals surface area contributed by atoms with Crippen LogP contribution in [-0.2, 0) is 0 Å². The Kier molecular flexibility index (Phi) is 3.87. The largest absolute Gasteiger partial charge is 0.353 e. The van der Waals surface area contributed by atoms with Gasteiger partial charge in [0.15, 0.2) is 5.82 Å². The second-order valence-corrected chi connectivity index (χ2v) is 5.51. The predicted molar refractivity (Wildman–Crippen MR) is 81.5 cm³/mol. The number of nitrogens with zero attached hydrogens (tertiary/aromatic N) is 5. The van der Waals surface area contributed by atoms with Crippen LogP contribution in [0.5, 0.6) is 0 Å². The van der Waals surface area contributed by atoms with E-state index in [1.807, 2.05) is 31.2 Å². The van der Waals surface area contributed by atoms with E-state index in [4.69, 9.17) is 0 Å². The second kappa shape index (κ2) is 5.96. The summed E-state index contributed by atoms with van der Waals surface area (Å²) in [6.45, 7) is 3.96. The van der Waals surface area contributed by atoms with Crippen molar-refractivity contribution in [1.29, 1.82) is 5.26 Å². The van der Waals surface area contributed by atoms with E-state index < -0.39 is 0 Å². The number of anilines is 1. The number of nitriles is 1. The Balaban J connectivity index is 1.94. The van der Waals surface area contributed by atoms with Crippen LogP contribution in [0.4, 0.5) is 5.82 Å². The topological polar surface area (TPSA) is 57.7 Å². The Bertz CT molecular complexity index is 642. The molecule has 3 rings (SSSR count). The van der Waals surface area contributed by atoms with Gasteiger partial charge in [-0.25, -0.2) is 0 Å². The lowest BCUT2D eigenvalue weighted by atomic mass is 10.2. The smallest absolute Gasteiger partial charge is 0.207 e. The molecule has 1 fully saturated rings. The van der Waals surface area contributed by atoms with E-state index in [2.05, 4.69) is 21.2 Å². The molecular formula is C16H19N5. The maximum absolute atomic E-state index is 9.33. The van der Waals surface area contributed by atoms with Gasteiger partial charge >= 0.3 is 0 Å². The molecular weight excluding hydrogens is 262 g/mol. The van der Waals surface area contributed by atoms with E-state index in [9.17, 15) is 5.26 Å². The Labute approximate surface area is 124 Å². The molecule has 1 aliphatic rings. The molecule has 108 valence electrons. The molecule has 2 heterocycles. The first-order chi connectivity index (χ1) is 10.3. The van der Waals surface area contributed by atoms with Gasteiger partial charge in [0, 0.05) is 13.1 Å². The molecule has 0 spiro atoms. The fourth-order valence-electron chi connectivity index (χ4n) is 2.66. The van der Waals surface area contributed by atoms with Crippen LogP contribution in [0.2, 0.25) is 0 Å². The van der Waals surface area contributed by atoms with Crippen LogP contribution in [0.25, 0.3) is 5.69 Å². The van der Waals surface area contributed by atoms with Crippen molar-refractivity contribution in [2.45, 2.75) is 32.6 Å². The van der Waals surface area contributed by atoms with Gasteiger partial charge in [0.2, 0.25) is 5.69 Å². The van der Waals surface area contributed by atoms with Crippen molar-refractivity contribution < 1.29 is 0 Å². The van der Waals surface area contributed by atoms with Gasteiger partial charge < -0.3 is 4.90 Å². The van der Waals surface area contributed by atoms with Crippen LogP contribution in [0, 0.1) is 18.3 Å². The molecule has 0 aliphatic carbocycles. The van der Waals surface area contributed by atoms with Gasteiger partial charge in [-0.3, -0.25) is 0 Å². The maximum atomic E-state index is 9.33. The monoisotopic (exact) mass is 281 g/mol. The van der Waals surface area contributed by atoms with E-state index in [0.717, 1.165) is 37.4 Å². The van der Waals surface area contributed by atoms with Crippen molar-refractivity contribution in [2.24, 2.45) is 0 Å². The van der Waals surface area contributed by atoms with Gasteiger partial charge in [0.1, 0.15) is 6.07 Å². The van der Waals surface area contributed by atoms with Crippen molar-refractivity contribution in [3.63, 3.8) is 0 Å². The molecule has 0 atom stereocenters. The third kappa shape index (κ3) is 2.89. The molecule has 0 amide bonds. The van der Waals surface area contributed by atoms with Crippen molar-refractivity contribution in [3.05, 3.63) is 35.5 Å². The quantitative estimate of drug-likeness (QED) is 0.849. The van der Waals surface area contributed by atoms with E-state index in [1.165, 1.54) is 18.4 Å². The molecule has 2 aromatic rings. The standard InChI is InChI=1S/C16H19N5/c1-13-6-8-14(9-7-13)21-18-15(12-17)16(19-21)20-10-4-2-3-5-11-20/h6-9H,2-5,10-11H2,1H3. The highest BCUT2D eigenvalue weighted by Crippen LogP contribution is 2.21. The highest BCUT2D eigenvalue weighted by Gasteiger charge is 2.19. The molecule has 1 aliphatic heterocycles. The molecule has 5 nitrogen and oxygen atoms in total. The van der Waals surface area contributed by atoms with E-state index >= 15 is 0 Å². The van der Waals surface area contributed by atoms with Crippen molar-refractivity contribution in [2.75, 3.05) is 18.0 Å². The zero-order chi connectivity index (χ0) is 14.7. The van der Waals surface area contributed by atoms with Crippen LogP contribution in [-0.4, -0.2) is 28.1 Å². The lowest BCUT2D eigenvalue weighted by Crippen LogP contribution is -2.25.